The second-order valence-electron chi connectivity index (χ2n) is 7.74. The van der Waals surface area contributed by atoms with Gasteiger partial charge in [-0.25, -0.2) is 4.90 Å². The lowest BCUT2D eigenvalue weighted by molar-refractivity contribution is -0.137. The Morgan fingerprint density at radius 2 is 1.56 bits per heavy atom. The molecular formula is C23H22F3N3O3. The first kappa shape index (κ1) is 21.9. The Labute approximate surface area is 183 Å². The summed E-state index contributed by atoms with van der Waals surface area (Å²) in [5.41, 5.74) is -0.127. The molecule has 2 amide bonds. The second kappa shape index (κ2) is 8.31. The number of hydrogen-bond donors (Lipinski definition) is 0. The fraction of sp³-hybridized carbons (Fsp3) is 0.304. The molecule has 0 unspecified atom stereocenters. The van der Waals surface area contributed by atoms with Gasteiger partial charge in [0.15, 0.2) is 0 Å². The summed E-state index contributed by atoms with van der Waals surface area (Å²) in [6.07, 6.45) is -4.59. The molecule has 2 aliphatic heterocycles. The molecule has 1 fully saturated rings. The predicted molar refractivity (Wildman–Crippen MR) is 113 cm³/mol. The SMILES string of the molecule is COc1ccc(C2=C(N3CCN(C)CC3)C(=O)N(c3cccc(C(F)(F)F)c3)C2=O)cc1. The minimum absolute atomic E-state index is 0.107. The molecule has 2 aromatic carbocycles. The zero-order chi connectivity index (χ0) is 23.0. The first-order chi connectivity index (χ1) is 15.2. The van der Waals surface area contributed by atoms with Crippen LogP contribution in [0.25, 0.3) is 5.57 Å². The molecule has 168 valence electrons. The van der Waals surface area contributed by atoms with Gasteiger partial charge in [-0.3, -0.25) is 9.59 Å². The number of carbonyl (C=O) groups is 2. The van der Waals surface area contributed by atoms with Crippen molar-refractivity contribution in [1.29, 1.82) is 0 Å². The van der Waals surface area contributed by atoms with Crippen LogP contribution in [-0.2, 0) is 15.8 Å². The summed E-state index contributed by atoms with van der Waals surface area (Å²) >= 11 is 0. The molecule has 0 aromatic heterocycles. The number of halogens is 3. The van der Waals surface area contributed by atoms with E-state index in [2.05, 4.69) is 4.90 Å². The molecule has 6 nitrogen and oxygen atoms in total. The van der Waals surface area contributed by atoms with Gasteiger partial charge in [-0.1, -0.05) is 18.2 Å². The molecular weight excluding hydrogens is 423 g/mol. The van der Waals surface area contributed by atoms with Crippen LogP contribution in [0.3, 0.4) is 0 Å². The molecule has 32 heavy (non-hydrogen) atoms. The number of hydrogen-bond acceptors (Lipinski definition) is 5. The Bertz CT molecular complexity index is 1070. The van der Waals surface area contributed by atoms with Crippen molar-refractivity contribution < 1.29 is 27.5 Å². The van der Waals surface area contributed by atoms with Gasteiger partial charge in [0.25, 0.3) is 11.8 Å². The monoisotopic (exact) mass is 445 g/mol. The van der Waals surface area contributed by atoms with Crippen LogP contribution in [0.4, 0.5) is 18.9 Å². The van der Waals surface area contributed by atoms with Crippen molar-refractivity contribution in [1.82, 2.24) is 9.80 Å². The molecule has 0 radical (unpaired) electrons. The first-order valence-corrected chi connectivity index (χ1v) is 10.1. The van der Waals surface area contributed by atoms with Crippen LogP contribution in [0.5, 0.6) is 5.75 Å². The van der Waals surface area contributed by atoms with Crippen LogP contribution in [0, 0.1) is 0 Å². The standard InChI is InChI=1S/C23H22F3N3O3/c1-27-10-12-28(13-11-27)20-19(15-6-8-18(32-2)9-7-15)21(30)29(22(20)31)17-5-3-4-16(14-17)23(24,25)26/h3-9,14H,10-13H2,1-2H3. The molecule has 2 heterocycles. The fourth-order valence-electron chi connectivity index (χ4n) is 3.92. The largest absolute Gasteiger partial charge is 0.497 e. The van der Waals surface area contributed by atoms with E-state index < -0.39 is 23.6 Å². The van der Waals surface area contributed by atoms with Crippen LogP contribution in [0.1, 0.15) is 11.1 Å². The quantitative estimate of drug-likeness (QED) is 0.677. The van der Waals surface area contributed by atoms with Crippen molar-refractivity contribution in [2.75, 3.05) is 45.2 Å². The van der Waals surface area contributed by atoms with Gasteiger partial charge in [0.2, 0.25) is 0 Å². The van der Waals surface area contributed by atoms with Gasteiger partial charge < -0.3 is 14.5 Å². The predicted octanol–water partition coefficient (Wildman–Crippen LogP) is 3.25. The molecule has 0 spiro atoms. The van der Waals surface area contributed by atoms with E-state index >= 15 is 0 Å². The number of methoxy groups -OCH3 is 1. The third kappa shape index (κ3) is 3.95. The van der Waals surface area contributed by atoms with E-state index in [-0.39, 0.29) is 17.0 Å². The van der Waals surface area contributed by atoms with E-state index in [1.807, 2.05) is 11.9 Å². The smallest absolute Gasteiger partial charge is 0.416 e. The van der Waals surface area contributed by atoms with Crippen molar-refractivity contribution in [2.24, 2.45) is 0 Å². The number of ether oxygens (including phenoxy) is 1. The molecule has 2 aromatic rings. The van der Waals surface area contributed by atoms with E-state index in [0.29, 0.717) is 37.5 Å². The maximum absolute atomic E-state index is 13.5. The molecule has 1 saturated heterocycles. The number of nitrogens with zero attached hydrogens (tertiary/aromatic N) is 3. The molecule has 9 heteroatoms. The third-order valence-corrected chi connectivity index (χ3v) is 5.69. The molecule has 4 rings (SSSR count). The maximum Gasteiger partial charge on any atom is 0.416 e. The molecule has 2 aliphatic rings. The highest BCUT2D eigenvalue weighted by Crippen LogP contribution is 2.38. The Kier molecular flexibility index (Phi) is 5.68. The first-order valence-electron chi connectivity index (χ1n) is 10.1. The average Bonchev–Trinajstić information content (AvgIpc) is 3.04. The average molecular weight is 445 g/mol. The summed E-state index contributed by atoms with van der Waals surface area (Å²) in [5.74, 6) is -0.680. The highest BCUT2D eigenvalue weighted by molar-refractivity contribution is 6.45. The summed E-state index contributed by atoms with van der Waals surface area (Å²) in [4.78, 5) is 31.7. The number of likely N-dealkylation sites (N-methyl/N-ethyl adjacent to an activating group) is 1. The number of carbonyl (C=O) groups excluding carboxylic acids is 2. The number of anilines is 1. The minimum Gasteiger partial charge on any atom is -0.497 e. The number of benzene rings is 2. The van der Waals surface area contributed by atoms with Gasteiger partial charge in [-0.15, -0.1) is 0 Å². The number of rotatable bonds is 4. The van der Waals surface area contributed by atoms with E-state index in [1.165, 1.54) is 19.2 Å². The topological polar surface area (TPSA) is 53.1 Å². The fourth-order valence-corrected chi connectivity index (χ4v) is 3.92. The van der Waals surface area contributed by atoms with Crippen LogP contribution in [0.2, 0.25) is 0 Å². The van der Waals surface area contributed by atoms with E-state index in [9.17, 15) is 22.8 Å². The Morgan fingerprint density at radius 3 is 2.16 bits per heavy atom. The number of piperazine rings is 1. The second-order valence-corrected chi connectivity index (χ2v) is 7.74. The molecule has 0 N–H and O–H groups in total. The van der Waals surface area contributed by atoms with Gasteiger partial charge in [-0.05, 0) is 42.9 Å². The van der Waals surface area contributed by atoms with Crippen LogP contribution in [-0.4, -0.2) is 62.0 Å². The van der Waals surface area contributed by atoms with E-state index in [0.717, 1.165) is 17.0 Å². The van der Waals surface area contributed by atoms with E-state index in [1.54, 1.807) is 24.3 Å². The summed E-state index contributed by atoms with van der Waals surface area (Å²) in [6, 6.07) is 11.0. The van der Waals surface area contributed by atoms with Crippen LogP contribution >= 0.6 is 0 Å². The van der Waals surface area contributed by atoms with Crippen molar-refractivity contribution in [3.63, 3.8) is 0 Å². The van der Waals surface area contributed by atoms with Gasteiger partial charge in [0.1, 0.15) is 11.4 Å². The summed E-state index contributed by atoms with van der Waals surface area (Å²) in [5, 5.41) is 0. The number of alkyl halides is 3. The third-order valence-electron chi connectivity index (χ3n) is 5.69. The van der Waals surface area contributed by atoms with Crippen molar-refractivity contribution >= 4 is 23.1 Å². The Balaban J connectivity index is 1.79. The van der Waals surface area contributed by atoms with Gasteiger partial charge in [-0.2, -0.15) is 13.2 Å². The van der Waals surface area contributed by atoms with Gasteiger partial charge in [0, 0.05) is 26.2 Å². The van der Waals surface area contributed by atoms with E-state index in [4.69, 9.17) is 4.74 Å². The summed E-state index contributed by atoms with van der Waals surface area (Å²) in [6.45, 7) is 2.46. The van der Waals surface area contributed by atoms with Gasteiger partial charge >= 0.3 is 6.18 Å². The summed E-state index contributed by atoms with van der Waals surface area (Å²) in [7, 11) is 3.48. The lowest BCUT2D eigenvalue weighted by Gasteiger charge is -2.34. The zero-order valence-electron chi connectivity index (χ0n) is 17.6. The lowest BCUT2D eigenvalue weighted by atomic mass is 10.0. The van der Waals surface area contributed by atoms with Crippen molar-refractivity contribution in [3.05, 3.63) is 65.4 Å². The van der Waals surface area contributed by atoms with Crippen molar-refractivity contribution in [3.8, 4) is 5.75 Å². The van der Waals surface area contributed by atoms with Crippen LogP contribution in [0.15, 0.2) is 54.2 Å². The highest BCUT2D eigenvalue weighted by atomic mass is 19.4. The Hall–Kier alpha value is -3.33. The maximum atomic E-state index is 13.5. The molecule has 0 saturated carbocycles. The van der Waals surface area contributed by atoms with Crippen molar-refractivity contribution in [2.45, 2.75) is 6.18 Å². The normalized spacial score (nSPS) is 18.0. The Morgan fingerprint density at radius 1 is 0.906 bits per heavy atom. The summed E-state index contributed by atoms with van der Waals surface area (Å²) < 4.78 is 44.9. The number of imide groups is 1. The molecule has 0 bridgehead atoms. The highest BCUT2D eigenvalue weighted by Gasteiger charge is 2.43. The van der Waals surface area contributed by atoms with Gasteiger partial charge in [0.05, 0.1) is 23.9 Å². The number of amides is 2. The molecule has 0 atom stereocenters. The van der Waals surface area contributed by atoms with Crippen LogP contribution < -0.4 is 9.64 Å². The molecule has 0 aliphatic carbocycles. The zero-order valence-corrected chi connectivity index (χ0v) is 17.6. The minimum atomic E-state index is -4.59. The lowest BCUT2D eigenvalue weighted by Crippen LogP contribution is -2.46.